The summed E-state index contributed by atoms with van der Waals surface area (Å²) in [6, 6.07) is 10.2. The van der Waals surface area contributed by atoms with Crippen LogP contribution in [0.25, 0.3) is 10.8 Å². The Balaban J connectivity index is 1.47. The Morgan fingerprint density at radius 3 is 2.65 bits per heavy atom. The normalized spacial score (nSPS) is 10.9. The number of hydrogen-bond acceptors (Lipinski definition) is 5. The molecule has 26 heavy (non-hydrogen) atoms. The highest BCUT2D eigenvalue weighted by atomic mass is 32.2. The molecule has 6 heteroatoms. The number of oxazole rings is 1. The van der Waals surface area contributed by atoms with Crippen molar-refractivity contribution in [2.45, 2.75) is 33.1 Å². The highest BCUT2D eigenvalue weighted by Crippen LogP contribution is 2.30. The van der Waals surface area contributed by atoms with Crippen molar-refractivity contribution in [3.8, 4) is 10.8 Å². The van der Waals surface area contributed by atoms with Crippen molar-refractivity contribution in [2.24, 2.45) is 0 Å². The van der Waals surface area contributed by atoms with E-state index in [1.807, 2.05) is 24.4 Å². The lowest BCUT2D eigenvalue weighted by atomic mass is 10.1. The molecule has 2 aromatic heterocycles. The van der Waals surface area contributed by atoms with Crippen LogP contribution in [0, 0.1) is 20.8 Å². The molecular formula is C20H22N2O2S2. The second-order valence-electron chi connectivity index (χ2n) is 6.21. The zero-order valence-corrected chi connectivity index (χ0v) is 16.8. The maximum atomic E-state index is 12.0. The summed E-state index contributed by atoms with van der Waals surface area (Å²) in [5, 5.41) is 4.99. The quantitative estimate of drug-likeness (QED) is 0.629. The summed E-state index contributed by atoms with van der Waals surface area (Å²) in [4.78, 5) is 17.7. The number of aromatic nitrogens is 1. The van der Waals surface area contributed by atoms with Gasteiger partial charge in [-0.1, -0.05) is 29.8 Å². The maximum Gasteiger partial charge on any atom is 0.237 e. The highest BCUT2D eigenvalue weighted by molar-refractivity contribution is 7.99. The molecule has 3 aromatic rings. The van der Waals surface area contributed by atoms with Crippen LogP contribution >= 0.6 is 23.1 Å². The van der Waals surface area contributed by atoms with Gasteiger partial charge in [0.15, 0.2) is 0 Å². The van der Waals surface area contributed by atoms with Crippen molar-refractivity contribution in [1.82, 2.24) is 10.3 Å². The summed E-state index contributed by atoms with van der Waals surface area (Å²) in [5.41, 5.74) is 4.41. The molecule has 4 nitrogen and oxygen atoms in total. The average Bonchev–Trinajstić information content (AvgIpc) is 3.20. The van der Waals surface area contributed by atoms with E-state index < -0.39 is 0 Å². The lowest BCUT2D eigenvalue weighted by Crippen LogP contribution is -2.24. The number of carbonyl (C=O) groups excluding carboxylic acids is 1. The van der Waals surface area contributed by atoms with Crippen LogP contribution in [0.2, 0.25) is 0 Å². The Morgan fingerprint density at radius 2 is 1.96 bits per heavy atom. The van der Waals surface area contributed by atoms with Crippen LogP contribution in [0.3, 0.4) is 0 Å². The second-order valence-corrected chi connectivity index (χ2v) is 8.11. The van der Waals surface area contributed by atoms with Gasteiger partial charge in [0.2, 0.25) is 11.8 Å². The van der Waals surface area contributed by atoms with Crippen LogP contribution in [0.4, 0.5) is 0 Å². The summed E-state index contributed by atoms with van der Waals surface area (Å²) < 4.78 is 5.80. The molecule has 1 aromatic carbocycles. The third kappa shape index (κ3) is 4.77. The third-order valence-electron chi connectivity index (χ3n) is 4.03. The van der Waals surface area contributed by atoms with Gasteiger partial charge >= 0.3 is 0 Å². The zero-order valence-electron chi connectivity index (χ0n) is 15.2. The van der Waals surface area contributed by atoms with Gasteiger partial charge in [0.1, 0.15) is 5.76 Å². The highest BCUT2D eigenvalue weighted by Gasteiger charge is 2.14. The van der Waals surface area contributed by atoms with Crippen molar-refractivity contribution in [3.63, 3.8) is 0 Å². The molecule has 0 aliphatic heterocycles. The molecule has 1 N–H and O–H groups in total. The number of thiophene rings is 1. The van der Waals surface area contributed by atoms with Crippen molar-refractivity contribution in [1.29, 1.82) is 0 Å². The molecule has 0 saturated carbocycles. The molecule has 1 amide bonds. The van der Waals surface area contributed by atoms with Crippen LogP contribution in [-0.4, -0.2) is 16.6 Å². The Labute approximate surface area is 162 Å². The SMILES string of the molecule is Cc1ccc(CNC(=O)CSCc2nc(-c3sccc3C)oc2C)cc1. The standard InChI is InChI=1S/C20H22N2O2S2/c1-13-4-6-16(7-5-13)10-21-18(23)12-25-11-17-15(3)24-20(22-17)19-14(2)8-9-26-19/h4-9H,10-12H2,1-3H3,(H,21,23). The van der Waals surface area contributed by atoms with Crippen LogP contribution in [-0.2, 0) is 17.1 Å². The van der Waals surface area contributed by atoms with E-state index in [4.69, 9.17) is 4.42 Å². The van der Waals surface area contributed by atoms with Crippen LogP contribution in [0.15, 0.2) is 40.1 Å². The molecule has 0 bridgehead atoms. The molecule has 0 unspecified atom stereocenters. The number of benzene rings is 1. The molecule has 0 aliphatic carbocycles. The zero-order chi connectivity index (χ0) is 18.5. The van der Waals surface area contributed by atoms with Crippen molar-refractivity contribution < 1.29 is 9.21 Å². The second kappa shape index (κ2) is 8.56. The summed E-state index contributed by atoms with van der Waals surface area (Å²) in [7, 11) is 0. The fourth-order valence-electron chi connectivity index (χ4n) is 2.45. The molecular weight excluding hydrogens is 364 g/mol. The number of thioether (sulfide) groups is 1. The number of carbonyl (C=O) groups is 1. The molecule has 0 saturated heterocycles. The Morgan fingerprint density at radius 1 is 1.19 bits per heavy atom. The molecule has 0 aliphatic rings. The van der Waals surface area contributed by atoms with E-state index in [-0.39, 0.29) is 5.91 Å². The number of nitrogens with one attached hydrogen (secondary N) is 1. The number of aryl methyl sites for hydroxylation is 3. The molecule has 0 fully saturated rings. The first-order valence-corrected chi connectivity index (χ1v) is 10.5. The van der Waals surface area contributed by atoms with E-state index in [9.17, 15) is 4.79 Å². The van der Waals surface area contributed by atoms with Crippen molar-refractivity contribution >= 4 is 29.0 Å². The first-order valence-electron chi connectivity index (χ1n) is 8.43. The van der Waals surface area contributed by atoms with Gasteiger partial charge in [0, 0.05) is 12.3 Å². The van der Waals surface area contributed by atoms with Crippen LogP contribution in [0.1, 0.15) is 28.1 Å². The Hall–Kier alpha value is -2.05. The lowest BCUT2D eigenvalue weighted by molar-refractivity contribution is -0.118. The van der Waals surface area contributed by atoms with Gasteiger partial charge < -0.3 is 9.73 Å². The van der Waals surface area contributed by atoms with Crippen LogP contribution in [0.5, 0.6) is 0 Å². The minimum atomic E-state index is 0.0334. The molecule has 2 heterocycles. The van der Waals surface area contributed by atoms with Crippen molar-refractivity contribution in [3.05, 3.63) is 63.9 Å². The third-order valence-corrected chi connectivity index (χ3v) is 5.98. The summed E-state index contributed by atoms with van der Waals surface area (Å²) in [5.74, 6) is 2.60. The molecule has 0 atom stereocenters. The first-order chi connectivity index (χ1) is 12.5. The van der Waals surface area contributed by atoms with Gasteiger partial charge in [0.05, 0.1) is 16.3 Å². The summed E-state index contributed by atoms with van der Waals surface area (Å²) in [6.07, 6.45) is 0. The van der Waals surface area contributed by atoms with E-state index in [1.165, 1.54) is 11.1 Å². The maximum absolute atomic E-state index is 12.0. The van der Waals surface area contributed by atoms with Gasteiger partial charge in [-0.05, 0) is 43.3 Å². The van der Waals surface area contributed by atoms with Gasteiger partial charge in [-0.2, -0.15) is 0 Å². The topological polar surface area (TPSA) is 55.1 Å². The average molecular weight is 387 g/mol. The molecule has 3 rings (SSSR count). The number of rotatable bonds is 7. The van der Waals surface area contributed by atoms with Gasteiger partial charge in [-0.15, -0.1) is 23.1 Å². The Kier molecular flexibility index (Phi) is 6.16. The smallest absolute Gasteiger partial charge is 0.237 e. The van der Waals surface area contributed by atoms with Gasteiger partial charge in [0.25, 0.3) is 0 Å². The van der Waals surface area contributed by atoms with E-state index in [0.717, 1.165) is 21.9 Å². The predicted molar refractivity (Wildman–Crippen MR) is 108 cm³/mol. The number of nitrogens with zero attached hydrogens (tertiary/aromatic N) is 1. The largest absolute Gasteiger partial charge is 0.440 e. The minimum absolute atomic E-state index is 0.0334. The number of hydrogen-bond donors (Lipinski definition) is 1. The first kappa shape index (κ1) is 18.7. The molecule has 0 spiro atoms. The number of amides is 1. The van der Waals surface area contributed by atoms with Gasteiger partial charge in [-0.3, -0.25) is 4.79 Å². The lowest BCUT2D eigenvalue weighted by Gasteiger charge is -2.05. The molecule has 0 radical (unpaired) electrons. The monoisotopic (exact) mass is 386 g/mol. The van der Waals surface area contributed by atoms with Gasteiger partial charge in [-0.25, -0.2) is 4.98 Å². The minimum Gasteiger partial charge on any atom is -0.440 e. The fraction of sp³-hybridized carbons (Fsp3) is 0.300. The summed E-state index contributed by atoms with van der Waals surface area (Å²) >= 11 is 3.18. The summed E-state index contributed by atoms with van der Waals surface area (Å²) in [6.45, 7) is 6.59. The predicted octanol–water partition coefficient (Wildman–Crippen LogP) is 4.88. The van der Waals surface area contributed by atoms with E-state index >= 15 is 0 Å². The van der Waals surface area contributed by atoms with E-state index in [2.05, 4.69) is 42.3 Å². The van der Waals surface area contributed by atoms with E-state index in [0.29, 0.717) is 23.9 Å². The van der Waals surface area contributed by atoms with Crippen molar-refractivity contribution in [2.75, 3.05) is 5.75 Å². The van der Waals surface area contributed by atoms with E-state index in [1.54, 1.807) is 23.1 Å². The van der Waals surface area contributed by atoms with Crippen LogP contribution < -0.4 is 5.32 Å². The Bertz CT molecular complexity index is 882. The fourth-order valence-corrected chi connectivity index (χ4v) is 4.15. The molecule has 136 valence electrons.